The van der Waals surface area contributed by atoms with Crippen LogP contribution in [0.2, 0.25) is 0 Å². The SMILES string of the molecule is C=C(/C=C\c1cc/c(=C/C=C(\C)c2ccc3oc4cccc(-c5ccc6c(c5)NCC=C6)c4c3c2)c(=C)c1C)c1ccccc1. The highest BCUT2D eigenvalue weighted by Crippen LogP contribution is 2.39. The fraction of sp³-hybridized carbons (Fsp3) is 0.0698. The molecule has 0 radical (unpaired) electrons. The topological polar surface area (TPSA) is 25.2 Å². The molecular formula is C43H35NO. The zero-order chi connectivity index (χ0) is 30.9. The second kappa shape index (κ2) is 11.8. The Morgan fingerprint density at radius 1 is 0.867 bits per heavy atom. The number of hydrogen-bond acceptors (Lipinski definition) is 2. The quantitative estimate of drug-likeness (QED) is 0.198. The molecule has 1 N–H and O–H groups in total. The van der Waals surface area contributed by atoms with Crippen molar-refractivity contribution in [2.75, 3.05) is 11.9 Å². The van der Waals surface area contributed by atoms with Crippen LogP contribution in [0.5, 0.6) is 0 Å². The number of benzene rings is 5. The molecule has 0 atom stereocenters. The molecule has 0 bridgehead atoms. The molecular weight excluding hydrogens is 546 g/mol. The van der Waals surface area contributed by atoms with Gasteiger partial charge in [-0.2, -0.15) is 0 Å². The first-order valence-corrected chi connectivity index (χ1v) is 15.4. The summed E-state index contributed by atoms with van der Waals surface area (Å²) in [6.45, 7) is 13.8. The summed E-state index contributed by atoms with van der Waals surface area (Å²) >= 11 is 0. The van der Waals surface area contributed by atoms with Gasteiger partial charge in [0.05, 0.1) is 0 Å². The highest BCUT2D eigenvalue weighted by Gasteiger charge is 2.15. The standard InChI is InChI=1S/C43H35NO/c1-28(32-10-6-5-7-11-32)15-17-33-19-20-34(31(4)30(33)3)18-16-29(2)36-23-24-41-39(26-36)43-38(13-8-14-42(43)45-41)37-22-21-35-12-9-25-44-40(35)27-37/h5-24,26-27,44H,1,4,25H2,2-3H3/b17-15-,29-16+,34-18-. The van der Waals surface area contributed by atoms with Crippen LogP contribution in [0, 0.1) is 6.92 Å². The Labute approximate surface area is 264 Å². The van der Waals surface area contributed by atoms with E-state index in [1.54, 1.807) is 0 Å². The predicted molar refractivity (Wildman–Crippen MR) is 195 cm³/mol. The summed E-state index contributed by atoms with van der Waals surface area (Å²) in [5.41, 5.74) is 13.3. The summed E-state index contributed by atoms with van der Waals surface area (Å²) in [6.07, 6.45) is 12.9. The molecule has 0 unspecified atom stereocenters. The third kappa shape index (κ3) is 5.47. The first kappa shape index (κ1) is 28.2. The zero-order valence-electron chi connectivity index (χ0n) is 25.7. The van der Waals surface area contributed by atoms with Crippen molar-refractivity contribution in [3.05, 3.63) is 160 Å². The lowest BCUT2D eigenvalue weighted by Crippen LogP contribution is -2.26. The number of fused-ring (bicyclic) bond motifs is 4. The van der Waals surface area contributed by atoms with Crippen molar-refractivity contribution in [3.8, 4) is 11.1 Å². The molecule has 1 aliphatic rings. The Morgan fingerprint density at radius 3 is 2.60 bits per heavy atom. The van der Waals surface area contributed by atoms with Crippen LogP contribution in [-0.4, -0.2) is 6.54 Å². The maximum atomic E-state index is 6.32. The minimum absolute atomic E-state index is 0.850. The van der Waals surface area contributed by atoms with Crippen LogP contribution in [0.3, 0.4) is 0 Å². The first-order valence-electron chi connectivity index (χ1n) is 15.4. The summed E-state index contributed by atoms with van der Waals surface area (Å²) in [5, 5.41) is 7.91. The summed E-state index contributed by atoms with van der Waals surface area (Å²) in [4.78, 5) is 0. The average molecular weight is 582 g/mol. The van der Waals surface area contributed by atoms with Crippen molar-refractivity contribution in [1.82, 2.24) is 0 Å². The second-order valence-corrected chi connectivity index (χ2v) is 11.7. The van der Waals surface area contributed by atoms with Gasteiger partial charge >= 0.3 is 0 Å². The van der Waals surface area contributed by atoms with Gasteiger partial charge < -0.3 is 9.73 Å². The molecule has 0 amide bonds. The molecule has 218 valence electrons. The fourth-order valence-corrected chi connectivity index (χ4v) is 6.07. The molecule has 45 heavy (non-hydrogen) atoms. The molecule has 6 aromatic rings. The molecule has 2 heteroatoms. The lowest BCUT2D eigenvalue weighted by molar-refractivity contribution is 0.669. The number of allylic oxidation sites excluding steroid dienone is 4. The fourth-order valence-electron chi connectivity index (χ4n) is 6.07. The molecule has 1 aliphatic heterocycles. The lowest BCUT2D eigenvalue weighted by Gasteiger charge is -2.15. The van der Waals surface area contributed by atoms with E-state index in [2.05, 4.69) is 148 Å². The van der Waals surface area contributed by atoms with Crippen molar-refractivity contribution in [1.29, 1.82) is 0 Å². The molecule has 0 fully saturated rings. The normalized spacial score (nSPS) is 13.5. The molecule has 0 saturated heterocycles. The Bertz CT molecular complexity index is 2310. The van der Waals surface area contributed by atoms with Gasteiger partial charge in [-0.25, -0.2) is 0 Å². The number of nitrogens with one attached hydrogen (secondary N) is 1. The molecule has 0 spiro atoms. The Hall–Kier alpha value is -5.60. The van der Waals surface area contributed by atoms with Crippen LogP contribution in [0.15, 0.2) is 126 Å². The van der Waals surface area contributed by atoms with Gasteiger partial charge in [0.1, 0.15) is 11.2 Å². The number of hydrogen-bond donors (Lipinski definition) is 1. The number of anilines is 1. The van der Waals surface area contributed by atoms with Gasteiger partial charge in [0.25, 0.3) is 0 Å². The van der Waals surface area contributed by atoms with E-state index in [0.717, 1.165) is 66.9 Å². The van der Waals surface area contributed by atoms with E-state index < -0.39 is 0 Å². The molecule has 2 heterocycles. The second-order valence-electron chi connectivity index (χ2n) is 11.7. The molecule has 7 rings (SSSR count). The van der Waals surface area contributed by atoms with Gasteiger partial charge in [-0.15, -0.1) is 0 Å². The monoisotopic (exact) mass is 581 g/mol. The summed E-state index contributed by atoms with van der Waals surface area (Å²) in [7, 11) is 0. The van der Waals surface area contributed by atoms with Crippen LogP contribution in [0.4, 0.5) is 5.69 Å². The molecule has 0 aliphatic carbocycles. The van der Waals surface area contributed by atoms with Crippen molar-refractivity contribution in [3.63, 3.8) is 0 Å². The van der Waals surface area contributed by atoms with E-state index in [1.165, 1.54) is 27.8 Å². The predicted octanol–water partition coefficient (Wildman–Crippen LogP) is 10.0. The van der Waals surface area contributed by atoms with E-state index in [1.807, 2.05) is 18.2 Å². The third-order valence-corrected chi connectivity index (χ3v) is 8.82. The number of rotatable bonds is 6. The lowest BCUT2D eigenvalue weighted by atomic mass is 9.95. The third-order valence-electron chi connectivity index (χ3n) is 8.82. The van der Waals surface area contributed by atoms with Crippen molar-refractivity contribution < 1.29 is 4.42 Å². The van der Waals surface area contributed by atoms with Gasteiger partial charge in [0.15, 0.2) is 0 Å². The average Bonchev–Trinajstić information content (AvgIpc) is 3.46. The first-order chi connectivity index (χ1) is 22.0. The highest BCUT2D eigenvalue weighted by molar-refractivity contribution is 6.13. The molecule has 0 saturated carbocycles. The smallest absolute Gasteiger partial charge is 0.136 e. The maximum absolute atomic E-state index is 6.32. The largest absolute Gasteiger partial charge is 0.456 e. The van der Waals surface area contributed by atoms with Crippen LogP contribution in [0.25, 0.3) is 69.0 Å². The van der Waals surface area contributed by atoms with Gasteiger partial charge in [0, 0.05) is 23.0 Å². The van der Waals surface area contributed by atoms with E-state index in [9.17, 15) is 0 Å². The van der Waals surface area contributed by atoms with Crippen molar-refractivity contribution in [2.45, 2.75) is 13.8 Å². The minimum atomic E-state index is 0.850. The summed E-state index contributed by atoms with van der Waals surface area (Å²) in [6, 6.07) is 34.0. The minimum Gasteiger partial charge on any atom is -0.456 e. The Morgan fingerprint density at radius 2 is 1.73 bits per heavy atom. The Kier molecular flexibility index (Phi) is 7.41. The van der Waals surface area contributed by atoms with Gasteiger partial charge in [0.2, 0.25) is 0 Å². The highest BCUT2D eigenvalue weighted by atomic mass is 16.3. The van der Waals surface area contributed by atoms with Gasteiger partial charge in [-0.05, 0) is 98.6 Å². The zero-order valence-corrected chi connectivity index (χ0v) is 25.7. The van der Waals surface area contributed by atoms with Crippen LogP contribution in [-0.2, 0) is 0 Å². The number of furan rings is 1. The maximum Gasteiger partial charge on any atom is 0.136 e. The van der Waals surface area contributed by atoms with Crippen LogP contribution in [0.1, 0.15) is 34.7 Å². The van der Waals surface area contributed by atoms with Gasteiger partial charge in [-0.1, -0.05) is 122 Å². The molecule has 2 nitrogen and oxygen atoms in total. The van der Waals surface area contributed by atoms with E-state index in [0.29, 0.717) is 0 Å². The van der Waals surface area contributed by atoms with Gasteiger partial charge in [-0.3, -0.25) is 0 Å². The summed E-state index contributed by atoms with van der Waals surface area (Å²) in [5.74, 6) is 0. The summed E-state index contributed by atoms with van der Waals surface area (Å²) < 4.78 is 6.32. The Balaban J connectivity index is 1.21. The van der Waals surface area contributed by atoms with Crippen LogP contribution >= 0.6 is 0 Å². The van der Waals surface area contributed by atoms with E-state index >= 15 is 0 Å². The molecule has 5 aromatic carbocycles. The van der Waals surface area contributed by atoms with Crippen LogP contribution < -0.4 is 15.8 Å². The van der Waals surface area contributed by atoms with Crippen molar-refractivity contribution >= 4 is 63.6 Å². The molecule has 1 aromatic heterocycles. The van der Waals surface area contributed by atoms with E-state index in [-0.39, 0.29) is 0 Å². The van der Waals surface area contributed by atoms with Crippen molar-refractivity contribution in [2.24, 2.45) is 0 Å². The van der Waals surface area contributed by atoms with E-state index in [4.69, 9.17) is 4.42 Å².